The summed E-state index contributed by atoms with van der Waals surface area (Å²) in [5.41, 5.74) is -1.72. The summed E-state index contributed by atoms with van der Waals surface area (Å²) in [4.78, 5) is 29.8. The molecule has 3 aromatic rings. The second-order valence-electron chi connectivity index (χ2n) is 8.80. The van der Waals surface area contributed by atoms with E-state index in [1.165, 1.54) is 15.4 Å². The molecule has 198 valence electrons. The zero-order valence-electron chi connectivity index (χ0n) is 19.9. The van der Waals surface area contributed by atoms with Crippen LogP contribution < -0.4 is 0 Å². The van der Waals surface area contributed by atoms with Gasteiger partial charge in [0.05, 0.1) is 19.1 Å². The van der Waals surface area contributed by atoms with E-state index in [9.17, 15) is 35.9 Å². The van der Waals surface area contributed by atoms with Gasteiger partial charge in [0.15, 0.2) is 0 Å². The predicted octanol–water partition coefficient (Wildman–Crippen LogP) is 5.51. The summed E-state index contributed by atoms with van der Waals surface area (Å²) in [6.07, 6.45) is -7.24. The molecule has 1 aliphatic carbocycles. The molecule has 2 aromatic heterocycles. The number of halogens is 6. The number of hydrogen-bond acceptors (Lipinski definition) is 4. The molecular formula is C25H23F6N3O3. The zero-order valence-corrected chi connectivity index (χ0v) is 19.9. The van der Waals surface area contributed by atoms with Gasteiger partial charge in [0.25, 0.3) is 0 Å². The number of aromatic nitrogens is 2. The summed E-state index contributed by atoms with van der Waals surface area (Å²) in [6.45, 7) is 1.77. The fourth-order valence-electron chi connectivity index (χ4n) is 4.16. The van der Waals surface area contributed by atoms with Gasteiger partial charge >= 0.3 is 18.3 Å². The quantitative estimate of drug-likeness (QED) is 0.300. The Kier molecular flexibility index (Phi) is 6.95. The number of amides is 1. The van der Waals surface area contributed by atoms with Gasteiger partial charge in [-0.3, -0.25) is 9.59 Å². The third kappa shape index (κ3) is 5.57. The highest BCUT2D eigenvalue weighted by Gasteiger charge is 2.36. The van der Waals surface area contributed by atoms with Crippen LogP contribution in [0.4, 0.5) is 26.3 Å². The minimum Gasteiger partial charge on any atom is -0.469 e. The van der Waals surface area contributed by atoms with Crippen LogP contribution >= 0.6 is 0 Å². The van der Waals surface area contributed by atoms with Crippen molar-refractivity contribution >= 4 is 17.5 Å². The van der Waals surface area contributed by atoms with Gasteiger partial charge in [0.2, 0.25) is 5.91 Å². The number of hydrogen-bond donors (Lipinski definition) is 0. The van der Waals surface area contributed by atoms with E-state index in [1.54, 1.807) is 6.92 Å². The maximum atomic E-state index is 13.6. The second-order valence-corrected chi connectivity index (χ2v) is 8.80. The summed E-state index contributed by atoms with van der Waals surface area (Å²) in [6, 6.07) is 5.04. The van der Waals surface area contributed by atoms with Gasteiger partial charge in [0, 0.05) is 36.5 Å². The van der Waals surface area contributed by atoms with E-state index in [1.807, 2.05) is 0 Å². The molecule has 0 atom stereocenters. The summed E-state index contributed by atoms with van der Waals surface area (Å²) in [7, 11) is 1.16. The van der Waals surface area contributed by atoms with E-state index < -0.39 is 29.6 Å². The minimum absolute atomic E-state index is 0.0991. The van der Waals surface area contributed by atoms with Crippen LogP contribution in [0.3, 0.4) is 0 Å². The van der Waals surface area contributed by atoms with Crippen molar-refractivity contribution in [3.63, 3.8) is 0 Å². The monoisotopic (exact) mass is 527 g/mol. The van der Waals surface area contributed by atoms with Crippen molar-refractivity contribution in [1.29, 1.82) is 0 Å². The molecular weight excluding hydrogens is 504 g/mol. The highest BCUT2D eigenvalue weighted by molar-refractivity contribution is 5.85. The maximum Gasteiger partial charge on any atom is 0.433 e. The number of ether oxygens (including phenoxy) is 1. The SMILES string of the molecule is CCN(Cc1cc(C(F)(F)F)ccc1-c1cc(CC(=O)OC)n2ccc(C(F)(F)F)nc12)C(=O)C1CC1. The van der Waals surface area contributed by atoms with Crippen LogP contribution in [0.5, 0.6) is 0 Å². The number of carbonyl (C=O) groups is 2. The lowest BCUT2D eigenvalue weighted by Gasteiger charge is -2.23. The molecule has 1 fully saturated rings. The van der Waals surface area contributed by atoms with E-state index in [-0.39, 0.29) is 59.4 Å². The van der Waals surface area contributed by atoms with Gasteiger partial charge in [0.1, 0.15) is 11.3 Å². The zero-order chi connectivity index (χ0) is 27.1. The van der Waals surface area contributed by atoms with Crippen LogP contribution in [-0.4, -0.2) is 39.8 Å². The van der Waals surface area contributed by atoms with Gasteiger partial charge < -0.3 is 14.0 Å². The highest BCUT2D eigenvalue weighted by atomic mass is 19.4. The Hall–Kier alpha value is -3.57. The van der Waals surface area contributed by atoms with Gasteiger partial charge in [-0.1, -0.05) is 6.07 Å². The molecule has 0 radical (unpaired) electrons. The molecule has 6 nitrogen and oxygen atoms in total. The van der Waals surface area contributed by atoms with Crippen LogP contribution in [0.15, 0.2) is 36.5 Å². The lowest BCUT2D eigenvalue weighted by molar-refractivity contribution is -0.141. The Morgan fingerprint density at radius 3 is 2.32 bits per heavy atom. The number of nitrogens with zero attached hydrogens (tertiary/aromatic N) is 3. The normalized spacial score (nSPS) is 14.2. The number of methoxy groups -OCH3 is 1. The Morgan fingerprint density at radius 2 is 1.76 bits per heavy atom. The summed E-state index contributed by atoms with van der Waals surface area (Å²) >= 11 is 0. The smallest absolute Gasteiger partial charge is 0.433 e. The molecule has 37 heavy (non-hydrogen) atoms. The van der Waals surface area contributed by atoms with Gasteiger partial charge in [-0.15, -0.1) is 0 Å². The van der Waals surface area contributed by atoms with Gasteiger partial charge in [-0.05, 0) is 55.2 Å². The summed E-state index contributed by atoms with van der Waals surface area (Å²) in [5, 5.41) is 0. The van der Waals surface area contributed by atoms with E-state index in [0.717, 1.165) is 37.6 Å². The molecule has 0 N–H and O–H groups in total. The molecule has 0 saturated heterocycles. The summed E-state index contributed by atoms with van der Waals surface area (Å²) in [5.74, 6) is -1.02. The number of carbonyl (C=O) groups excluding carboxylic acids is 2. The Bertz CT molecular complexity index is 1340. The van der Waals surface area contributed by atoms with Crippen LogP contribution in [0.1, 0.15) is 42.3 Å². The molecule has 4 rings (SSSR count). The first-order chi connectivity index (χ1) is 17.3. The molecule has 2 heterocycles. The molecule has 12 heteroatoms. The highest BCUT2D eigenvalue weighted by Crippen LogP contribution is 2.38. The van der Waals surface area contributed by atoms with Crippen molar-refractivity contribution in [2.45, 2.75) is 45.1 Å². The third-order valence-corrected chi connectivity index (χ3v) is 6.24. The number of esters is 1. The van der Waals surface area contributed by atoms with E-state index in [2.05, 4.69) is 9.72 Å². The maximum absolute atomic E-state index is 13.6. The summed E-state index contributed by atoms with van der Waals surface area (Å²) < 4.78 is 87.0. The fraction of sp³-hybridized carbons (Fsp3) is 0.400. The van der Waals surface area contributed by atoms with Gasteiger partial charge in [-0.25, -0.2) is 4.98 Å². The van der Waals surface area contributed by atoms with Crippen LogP contribution in [0.2, 0.25) is 0 Å². The topological polar surface area (TPSA) is 63.9 Å². The fourth-order valence-corrected chi connectivity index (χ4v) is 4.16. The number of rotatable bonds is 7. The standard InChI is InChI=1S/C25H23F6N3O3/c1-3-33(23(36)14-4-5-14)13-15-10-16(24(26,27)28)6-7-18(15)19-11-17(12-21(35)37-2)34-9-8-20(25(29,30)31)32-22(19)34/h6-11,14H,3-5,12-13H2,1-2H3. The minimum atomic E-state index is -4.77. The molecule has 0 spiro atoms. The van der Waals surface area contributed by atoms with Crippen LogP contribution in [0, 0.1) is 5.92 Å². The molecule has 0 bridgehead atoms. The third-order valence-electron chi connectivity index (χ3n) is 6.24. The van der Waals surface area contributed by atoms with Gasteiger partial charge in [-0.2, -0.15) is 26.3 Å². The van der Waals surface area contributed by atoms with Crippen molar-refractivity contribution in [3.05, 3.63) is 59.0 Å². The first-order valence-electron chi connectivity index (χ1n) is 11.5. The molecule has 1 aliphatic rings. The average Bonchev–Trinajstić information content (AvgIpc) is 3.63. The molecule has 1 aromatic carbocycles. The first-order valence-corrected chi connectivity index (χ1v) is 11.5. The molecule has 0 unspecified atom stereocenters. The average molecular weight is 527 g/mol. The first kappa shape index (κ1) is 26.5. The second kappa shape index (κ2) is 9.71. The lowest BCUT2D eigenvalue weighted by Crippen LogP contribution is -2.31. The lowest BCUT2D eigenvalue weighted by atomic mass is 9.97. The van der Waals surface area contributed by atoms with Crippen LogP contribution in [-0.2, 0) is 39.6 Å². The van der Waals surface area contributed by atoms with Crippen molar-refractivity contribution in [3.8, 4) is 11.1 Å². The van der Waals surface area contributed by atoms with Crippen molar-refractivity contribution in [1.82, 2.24) is 14.3 Å². The van der Waals surface area contributed by atoms with Crippen LogP contribution in [0.25, 0.3) is 16.8 Å². The number of fused-ring (bicyclic) bond motifs is 1. The number of benzene rings is 1. The predicted molar refractivity (Wildman–Crippen MR) is 120 cm³/mol. The molecule has 1 amide bonds. The Balaban J connectivity index is 1.92. The van der Waals surface area contributed by atoms with Crippen molar-refractivity contribution < 1.29 is 40.7 Å². The van der Waals surface area contributed by atoms with E-state index in [4.69, 9.17) is 0 Å². The molecule has 0 aliphatic heterocycles. The van der Waals surface area contributed by atoms with E-state index >= 15 is 0 Å². The molecule has 1 saturated carbocycles. The largest absolute Gasteiger partial charge is 0.469 e. The van der Waals surface area contributed by atoms with E-state index in [0.29, 0.717) is 12.8 Å². The number of alkyl halides is 6. The van der Waals surface area contributed by atoms with Crippen molar-refractivity contribution in [2.24, 2.45) is 5.92 Å². The Labute approximate surface area is 207 Å². The van der Waals surface area contributed by atoms with Crippen molar-refractivity contribution in [2.75, 3.05) is 13.7 Å². The Morgan fingerprint density at radius 1 is 1.05 bits per heavy atom.